The standard InChI is InChI=1S/C24H45N5O5/c1-14(2)9-17(11-20(31)16(5)7-6-8-28-24(26)27)23(34)29-19(10-15(3)4)21(32)12-18(13-30)22(25)33/h14-19,30H,6-13H2,1-5H3,(H2,25,33)(H,29,34)(H4,26,27,28)/t16-,17+,18-,19-/m0/s1. The number of Topliss-reactive ketones (excluding diaryl/α,β-unsaturated/α-hetero) is 2. The molecule has 0 fully saturated rings. The lowest BCUT2D eigenvalue weighted by atomic mass is 9.86. The molecule has 0 aliphatic carbocycles. The number of carbonyl (C=O) groups is 4. The van der Waals surface area contributed by atoms with Crippen molar-refractivity contribution in [2.24, 2.45) is 51.8 Å². The van der Waals surface area contributed by atoms with Gasteiger partial charge in [0.1, 0.15) is 5.78 Å². The number of nitrogens with two attached hydrogens (primary N) is 3. The minimum atomic E-state index is -0.994. The van der Waals surface area contributed by atoms with Gasteiger partial charge in [-0.05, 0) is 37.5 Å². The number of primary amides is 1. The first-order chi connectivity index (χ1) is 15.8. The predicted molar refractivity (Wildman–Crippen MR) is 132 cm³/mol. The molecule has 0 saturated heterocycles. The topological polar surface area (TPSA) is 191 Å². The van der Waals surface area contributed by atoms with Gasteiger partial charge in [-0.2, -0.15) is 0 Å². The number of aliphatic hydroxyl groups is 1. The van der Waals surface area contributed by atoms with Crippen LogP contribution in [0, 0.1) is 29.6 Å². The number of rotatable bonds is 18. The molecule has 10 nitrogen and oxygen atoms in total. The monoisotopic (exact) mass is 483 g/mol. The number of aliphatic imine (C=N–C) groups is 1. The molecule has 0 aromatic heterocycles. The van der Waals surface area contributed by atoms with Crippen LogP contribution in [0.1, 0.15) is 73.1 Å². The van der Waals surface area contributed by atoms with Gasteiger partial charge in [-0.3, -0.25) is 24.2 Å². The van der Waals surface area contributed by atoms with Crippen molar-refractivity contribution < 1.29 is 24.3 Å². The van der Waals surface area contributed by atoms with Gasteiger partial charge in [-0.1, -0.05) is 34.6 Å². The smallest absolute Gasteiger partial charge is 0.224 e. The van der Waals surface area contributed by atoms with E-state index in [4.69, 9.17) is 17.2 Å². The number of aliphatic hydroxyl groups excluding tert-OH is 1. The normalized spacial score (nSPS) is 14.8. The highest BCUT2D eigenvalue weighted by molar-refractivity contribution is 5.94. The molecule has 0 rings (SSSR count). The lowest BCUT2D eigenvalue weighted by Crippen LogP contribution is -2.46. The molecule has 196 valence electrons. The van der Waals surface area contributed by atoms with E-state index < -0.39 is 30.4 Å². The van der Waals surface area contributed by atoms with Gasteiger partial charge in [0, 0.05) is 31.2 Å². The van der Waals surface area contributed by atoms with Crippen LogP contribution in [0.25, 0.3) is 0 Å². The Hall–Kier alpha value is -2.49. The maximum atomic E-state index is 13.2. The fourth-order valence-electron chi connectivity index (χ4n) is 3.73. The summed E-state index contributed by atoms with van der Waals surface area (Å²) in [6.07, 6.45) is 1.98. The molecule has 0 aliphatic rings. The molecule has 10 heteroatoms. The first-order valence-corrected chi connectivity index (χ1v) is 12.1. The Morgan fingerprint density at radius 1 is 0.853 bits per heavy atom. The molecule has 0 radical (unpaired) electrons. The van der Waals surface area contributed by atoms with Crippen LogP contribution in [0.15, 0.2) is 4.99 Å². The van der Waals surface area contributed by atoms with E-state index in [-0.39, 0.29) is 54.0 Å². The van der Waals surface area contributed by atoms with Gasteiger partial charge in [0.25, 0.3) is 0 Å². The molecule has 0 heterocycles. The molecular formula is C24H45N5O5. The first-order valence-electron chi connectivity index (χ1n) is 12.1. The number of nitrogens with one attached hydrogen (secondary N) is 1. The predicted octanol–water partition coefficient (Wildman–Crippen LogP) is 0.882. The molecule has 0 aliphatic heterocycles. The van der Waals surface area contributed by atoms with Gasteiger partial charge in [0.15, 0.2) is 11.7 Å². The summed E-state index contributed by atoms with van der Waals surface area (Å²) in [5, 5.41) is 12.1. The number of guanidine groups is 1. The third-order valence-electron chi connectivity index (χ3n) is 5.70. The molecule has 0 aromatic rings. The van der Waals surface area contributed by atoms with Crippen LogP contribution in [-0.4, -0.2) is 53.6 Å². The average Bonchev–Trinajstić information content (AvgIpc) is 2.72. The minimum absolute atomic E-state index is 0.0132. The Morgan fingerprint density at radius 3 is 1.88 bits per heavy atom. The largest absolute Gasteiger partial charge is 0.396 e. The molecule has 0 bridgehead atoms. The Bertz CT molecular complexity index is 704. The van der Waals surface area contributed by atoms with Gasteiger partial charge < -0.3 is 27.6 Å². The van der Waals surface area contributed by atoms with E-state index in [9.17, 15) is 24.3 Å². The van der Waals surface area contributed by atoms with Crippen molar-refractivity contribution >= 4 is 29.3 Å². The molecule has 0 aromatic carbocycles. The third-order valence-corrected chi connectivity index (χ3v) is 5.70. The van der Waals surface area contributed by atoms with Crippen molar-refractivity contribution in [1.82, 2.24) is 5.32 Å². The van der Waals surface area contributed by atoms with Gasteiger partial charge >= 0.3 is 0 Å². The zero-order chi connectivity index (χ0) is 26.4. The maximum Gasteiger partial charge on any atom is 0.224 e. The zero-order valence-corrected chi connectivity index (χ0v) is 21.4. The second kappa shape index (κ2) is 16.2. The highest BCUT2D eigenvalue weighted by atomic mass is 16.3. The third kappa shape index (κ3) is 13.3. The van der Waals surface area contributed by atoms with E-state index in [1.165, 1.54) is 0 Å². The number of ketones is 2. The average molecular weight is 484 g/mol. The second-order valence-corrected chi connectivity index (χ2v) is 9.99. The fraction of sp³-hybridized carbons (Fsp3) is 0.792. The van der Waals surface area contributed by atoms with Crippen molar-refractivity contribution in [3.63, 3.8) is 0 Å². The molecule has 8 N–H and O–H groups in total. The first kappa shape index (κ1) is 31.5. The van der Waals surface area contributed by atoms with Crippen LogP contribution >= 0.6 is 0 Å². The summed E-state index contributed by atoms with van der Waals surface area (Å²) < 4.78 is 0. The Morgan fingerprint density at radius 2 is 1.41 bits per heavy atom. The molecule has 34 heavy (non-hydrogen) atoms. The summed E-state index contributed by atoms with van der Waals surface area (Å²) in [6, 6.07) is -0.817. The summed E-state index contributed by atoms with van der Waals surface area (Å²) >= 11 is 0. The Labute approximate surface area is 203 Å². The summed E-state index contributed by atoms with van der Waals surface area (Å²) in [5.41, 5.74) is 15.9. The van der Waals surface area contributed by atoms with Crippen LogP contribution in [0.2, 0.25) is 0 Å². The van der Waals surface area contributed by atoms with Gasteiger partial charge in [-0.15, -0.1) is 0 Å². The van der Waals surface area contributed by atoms with Crippen molar-refractivity contribution in [2.45, 2.75) is 79.2 Å². The number of amides is 2. The number of hydrogen-bond donors (Lipinski definition) is 5. The van der Waals surface area contributed by atoms with Gasteiger partial charge in [0.05, 0.1) is 18.6 Å². The van der Waals surface area contributed by atoms with Crippen LogP contribution in [-0.2, 0) is 19.2 Å². The Balaban J connectivity index is 5.31. The highest BCUT2D eigenvalue weighted by Gasteiger charge is 2.31. The van der Waals surface area contributed by atoms with E-state index in [0.29, 0.717) is 32.2 Å². The minimum Gasteiger partial charge on any atom is -0.396 e. The Kier molecular flexibility index (Phi) is 15.0. The summed E-state index contributed by atoms with van der Waals surface area (Å²) in [4.78, 5) is 54.2. The SMILES string of the molecule is CC(C)C[C@H](CC(=O)[C@@H](C)CCCN=C(N)N)C(=O)N[C@@H](CC(C)C)C(=O)C[C@@H](CO)C(N)=O. The van der Waals surface area contributed by atoms with Crippen molar-refractivity contribution in [3.05, 3.63) is 0 Å². The summed E-state index contributed by atoms with van der Waals surface area (Å²) in [5.74, 6) is -3.01. The van der Waals surface area contributed by atoms with Gasteiger partial charge in [0.2, 0.25) is 11.8 Å². The summed E-state index contributed by atoms with van der Waals surface area (Å²) in [6.45, 7) is 9.51. The molecular weight excluding hydrogens is 438 g/mol. The molecule has 0 spiro atoms. The van der Waals surface area contributed by atoms with E-state index >= 15 is 0 Å². The molecule has 2 amide bonds. The van der Waals surface area contributed by atoms with E-state index in [1.807, 2.05) is 34.6 Å². The van der Waals surface area contributed by atoms with Crippen molar-refractivity contribution in [2.75, 3.05) is 13.2 Å². The van der Waals surface area contributed by atoms with Crippen LogP contribution in [0.3, 0.4) is 0 Å². The van der Waals surface area contributed by atoms with Crippen LogP contribution in [0.5, 0.6) is 0 Å². The van der Waals surface area contributed by atoms with Crippen LogP contribution < -0.4 is 22.5 Å². The quantitative estimate of drug-likeness (QED) is 0.108. The van der Waals surface area contributed by atoms with E-state index in [2.05, 4.69) is 10.3 Å². The number of hydrogen-bond acceptors (Lipinski definition) is 6. The molecule has 4 atom stereocenters. The summed E-state index contributed by atoms with van der Waals surface area (Å²) in [7, 11) is 0. The number of carbonyl (C=O) groups excluding carboxylic acids is 4. The van der Waals surface area contributed by atoms with Crippen molar-refractivity contribution in [3.8, 4) is 0 Å². The molecule has 0 unspecified atom stereocenters. The van der Waals surface area contributed by atoms with E-state index in [0.717, 1.165) is 0 Å². The lowest BCUT2D eigenvalue weighted by molar-refractivity contribution is -0.135. The second-order valence-electron chi connectivity index (χ2n) is 9.99. The maximum absolute atomic E-state index is 13.2. The van der Waals surface area contributed by atoms with Gasteiger partial charge in [-0.25, -0.2) is 0 Å². The van der Waals surface area contributed by atoms with Crippen LogP contribution in [0.4, 0.5) is 0 Å². The zero-order valence-electron chi connectivity index (χ0n) is 21.4. The number of nitrogens with zero attached hydrogens (tertiary/aromatic N) is 1. The van der Waals surface area contributed by atoms with E-state index in [1.54, 1.807) is 0 Å². The highest BCUT2D eigenvalue weighted by Crippen LogP contribution is 2.21. The molecule has 0 saturated carbocycles. The fourth-order valence-corrected chi connectivity index (χ4v) is 3.73. The van der Waals surface area contributed by atoms with Crippen molar-refractivity contribution in [1.29, 1.82) is 0 Å². The lowest BCUT2D eigenvalue weighted by Gasteiger charge is -2.25.